The Morgan fingerprint density at radius 2 is 2.07 bits per heavy atom. The molecule has 6 heteroatoms. The number of carbonyl (C=O) groups is 1. The van der Waals surface area contributed by atoms with Crippen molar-refractivity contribution >= 4 is 50.2 Å². The van der Waals surface area contributed by atoms with Crippen LogP contribution in [0.3, 0.4) is 0 Å². The first-order valence-corrected chi connectivity index (χ1v) is 5.43. The van der Waals surface area contributed by atoms with E-state index in [9.17, 15) is 4.79 Å². The molecule has 0 aliphatic carbocycles. The standard InChI is InChI=1S/C9H9Br2NO2.ClH/c1-14-9(13)8(12)6-4-5(10)2-3-7(6)11;/h2-4,8H,12H2,1H3;1H/t8-;/m0./s1. The topological polar surface area (TPSA) is 52.3 Å². The molecule has 2 N–H and O–H groups in total. The zero-order valence-electron chi connectivity index (χ0n) is 7.87. The molecule has 0 fully saturated rings. The summed E-state index contributed by atoms with van der Waals surface area (Å²) in [4.78, 5) is 11.2. The van der Waals surface area contributed by atoms with Gasteiger partial charge in [-0.25, -0.2) is 0 Å². The Hall–Kier alpha value is -0.100. The van der Waals surface area contributed by atoms with E-state index >= 15 is 0 Å². The highest BCUT2D eigenvalue weighted by molar-refractivity contribution is 9.11. The van der Waals surface area contributed by atoms with E-state index in [1.54, 1.807) is 6.07 Å². The van der Waals surface area contributed by atoms with Crippen molar-refractivity contribution in [1.82, 2.24) is 0 Å². The second kappa shape index (κ2) is 6.48. The molecule has 0 radical (unpaired) electrons. The highest BCUT2D eigenvalue weighted by Crippen LogP contribution is 2.26. The van der Waals surface area contributed by atoms with Gasteiger partial charge < -0.3 is 10.5 Å². The third kappa shape index (κ3) is 3.75. The number of halogens is 3. The van der Waals surface area contributed by atoms with Crippen LogP contribution in [0.5, 0.6) is 0 Å². The van der Waals surface area contributed by atoms with Crippen LogP contribution in [-0.2, 0) is 9.53 Å². The highest BCUT2D eigenvalue weighted by atomic mass is 79.9. The summed E-state index contributed by atoms with van der Waals surface area (Å²) in [5.74, 6) is -0.455. The van der Waals surface area contributed by atoms with Crippen molar-refractivity contribution in [1.29, 1.82) is 0 Å². The molecule has 3 nitrogen and oxygen atoms in total. The summed E-state index contributed by atoms with van der Waals surface area (Å²) in [6, 6.07) is 4.71. The van der Waals surface area contributed by atoms with Crippen LogP contribution in [0.15, 0.2) is 27.1 Å². The fourth-order valence-corrected chi connectivity index (χ4v) is 1.88. The molecule has 0 amide bonds. The summed E-state index contributed by atoms with van der Waals surface area (Å²) in [6.45, 7) is 0. The van der Waals surface area contributed by atoms with Gasteiger partial charge in [-0.2, -0.15) is 0 Å². The van der Waals surface area contributed by atoms with Crippen molar-refractivity contribution in [3.8, 4) is 0 Å². The molecule has 1 atom stereocenters. The summed E-state index contributed by atoms with van der Waals surface area (Å²) in [5, 5.41) is 0. The Morgan fingerprint density at radius 1 is 1.47 bits per heavy atom. The summed E-state index contributed by atoms with van der Waals surface area (Å²) in [7, 11) is 1.31. The van der Waals surface area contributed by atoms with Gasteiger partial charge >= 0.3 is 5.97 Å². The summed E-state index contributed by atoms with van der Waals surface area (Å²) in [5.41, 5.74) is 6.39. The van der Waals surface area contributed by atoms with Crippen LogP contribution in [0.1, 0.15) is 11.6 Å². The molecule has 0 heterocycles. The van der Waals surface area contributed by atoms with E-state index in [-0.39, 0.29) is 12.4 Å². The largest absolute Gasteiger partial charge is 0.468 e. The van der Waals surface area contributed by atoms with Gasteiger partial charge in [0, 0.05) is 8.95 Å². The van der Waals surface area contributed by atoms with Crippen molar-refractivity contribution in [2.45, 2.75) is 6.04 Å². The fourth-order valence-electron chi connectivity index (χ4n) is 1.01. The number of esters is 1. The smallest absolute Gasteiger partial charge is 0.327 e. The predicted molar refractivity (Wildman–Crippen MR) is 68.0 cm³/mol. The van der Waals surface area contributed by atoms with Crippen molar-refractivity contribution in [2.75, 3.05) is 7.11 Å². The molecule has 84 valence electrons. The lowest BCUT2D eigenvalue weighted by Gasteiger charge is -2.11. The van der Waals surface area contributed by atoms with E-state index in [4.69, 9.17) is 5.73 Å². The van der Waals surface area contributed by atoms with Crippen molar-refractivity contribution in [3.63, 3.8) is 0 Å². The normalized spacial score (nSPS) is 11.5. The number of rotatable bonds is 2. The molecule has 0 aromatic heterocycles. The number of hydrogen-bond donors (Lipinski definition) is 1. The Labute approximate surface area is 111 Å². The van der Waals surface area contributed by atoms with E-state index in [1.165, 1.54) is 7.11 Å². The molecule has 1 rings (SSSR count). The van der Waals surface area contributed by atoms with Crippen molar-refractivity contribution in [2.24, 2.45) is 5.73 Å². The van der Waals surface area contributed by atoms with Gasteiger partial charge in [0.1, 0.15) is 6.04 Å². The Morgan fingerprint density at radius 3 is 2.60 bits per heavy atom. The molecule has 0 saturated carbocycles. The maximum Gasteiger partial charge on any atom is 0.327 e. The van der Waals surface area contributed by atoms with E-state index in [1.807, 2.05) is 12.1 Å². The second-order valence-electron chi connectivity index (χ2n) is 2.67. The Bertz CT molecular complexity index is 360. The average Bonchev–Trinajstić information content (AvgIpc) is 2.19. The van der Waals surface area contributed by atoms with Gasteiger partial charge in [0.15, 0.2) is 0 Å². The number of ether oxygens (including phenoxy) is 1. The van der Waals surface area contributed by atoms with Crippen LogP contribution in [0.25, 0.3) is 0 Å². The molecule has 1 aromatic carbocycles. The number of methoxy groups -OCH3 is 1. The van der Waals surface area contributed by atoms with Gasteiger partial charge in [-0.3, -0.25) is 4.79 Å². The lowest BCUT2D eigenvalue weighted by molar-refractivity contribution is -0.142. The summed E-state index contributed by atoms with van der Waals surface area (Å²) >= 11 is 6.63. The van der Waals surface area contributed by atoms with Gasteiger partial charge in [-0.1, -0.05) is 31.9 Å². The van der Waals surface area contributed by atoms with Gasteiger partial charge in [0.2, 0.25) is 0 Å². The van der Waals surface area contributed by atoms with E-state index in [0.29, 0.717) is 5.56 Å². The lowest BCUT2D eigenvalue weighted by Crippen LogP contribution is -2.22. The molecular formula is C9H10Br2ClNO2. The van der Waals surface area contributed by atoms with Crippen LogP contribution < -0.4 is 5.73 Å². The van der Waals surface area contributed by atoms with Crippen LogP contribution in [0.2, 0.25) is 0 Å². The van der Waals surface area contributed by atoms with E-state index in [0.717, 1.165) is 8.95 Å². The van der Waals surface area contributed by atoms with Crippen LogP contribution in [0, 0.1) is 0 Å². The number of nitrogens with two attached hydrogens (primary N) is 1. The van der Waals surface area contributed by atoms with Gasteiger partial charge in [-0.15, -0.1) is 12.4 Å². The minimum absolute atomic E-state index is 0. The molecule has 0 aliphatic rings. The third-order valence-corrected chi connectivity index (χ3v) is 2.96. The first-order chi connectivity index (χ1) is 6.56. The number of benzene rings is 1. The minimum Gasteiger partial charge on any atom is -0.468 e. The van der Waals surface area contributed by atoms with Crippen molar-refractivity contribution < 1.29 is 9.53 Å². The molecule has 0 bridgehead atoms. The molecule has 0 unspecified atom stereocenters. The quantitative estimate of drug-likeness (QED) is 0.826. The lowest BCUT2D eigenvalue weighted by atomic mass is 10.1. The summed E-state index contributed by atoms with van der Waals surface area (Å²) < 4.78 is 6.22. The number of carbonyl (C=O) groups excluding carboxylic acids is 1. The molecular weight excluding hydrogens is 349 g/mol. The predicted octanol–water partition coefficient (Wildman–Crippen LogP) is 2.81. The molecule has 0 spiro atoms. The zero-order chi connectivity index (χ0) is 10.7. The van der Waals surface area contributed by atoms with Crippen LogP contribution >= 0.6 is 44.3 Å². The van der Waals surface area contributed by atoms with Gasteiger partial charge in [0.05, 0.1) is 7.11 Å². The number of hydrogen-bond acceptors (Lipinski definition) is 3. The van der Waals surface area contributed by atoms with E-state index in [2.05, 4.69) is 36.6 Å². The second-order valence-corrected chi connectivity index (χ2v) is 4.44. The maximum absolute atomic E-state index is 11.2. The SMILES string of the molecule is COC(=O)[C@@H](N)c1cc(Br)ccc1Br.Cl. The summed E-state index contributed by atoms with van der Waals surface area (Å²) in [6.07, 6.45) is 0. The molecule has 15 heavy (non-hydrogen) atoms. The zero-order valence-corrected chi connectivity index (χ0v) is 11.9. The first kappa shape index (κ1) is 14.9. The van der Waals surface area contributed by atoms with Crippen LogP contribution in [-0.4, -0.2) is 13.1 Å². The van der Waals surface area contributed by atoms with Crippen molar-refractivity contribution in [3.05, 3.63) is 32.7 Å². The monoisotopic (exact) mass is 357 g/mol. The minimum atomic E-state index is -0.758. The van der Waals surface area contributed by atoms with Gasteiger partial charge in [-0.05, 0) is 23.8 Å². The average molecular weight is 359 g/mol. The molecule has 1 aromatic rings. The molecule has 0 saturated heterocycles. The van der Waals surface area contributed by atoms with E-state index < -0.39 is 12.0 Å². The third-order valence-electron chi connectivity index (χ3n) is 1.75. The van der Waals surface area contributed by atoms with Gasteiger partial charge in [0.25, 0.3) is 0 Å². The highest BCUT2D eigenvalue weighted by Gasteiger charge is 2.18. The Kier molecular flexibility index (Phi) is 6.43. The molecule has 0 aliphatic heterocycles. The maximum atomic E-state index is 11.2. The fraction of sp³-hybridized carbons (Fsp3) is 0.222. The van der Waals surface area contributed by atoms with Crippen LogP contribution in [0.4, 0.5) is 0 Å². The first-order valence-electron chi connectivity index (χ1n) is 3.84. The Balaban J connectivity index is 0.00000196.